The van der Waals surface area contributed by atoms with Crippen molar-refractivity contribution in [2.45, 2.75) is 26.8 Å². The monoisotopic (exact) mass is 304 g/mol. The van der Waals surface area contributed by atoms with E-state index in [4.69, 9.17) is 5.73 Å². The number of aromatic nitrogens is 3. The number of nitrogens with two attached hydrogens (primary N) is 1. The van der Waals surface area contributed by atoms with Crippen molar-refractivity contribution in [3.63, 3.8) is 0 Å². The molecule has 112 valence electrons. The fourth-order valence-electron chi connectivity index (χ4n) is 2.66. The van der Waals surface area contributed by atoms with E-state index in [1.54, 1.807) is 11.3 Å². The molecule has 0 radical (unpaired) electrons. The van der Waals surface area contributed by atoms with Gasteiger partial charge in [0.1, 0.15) is 5.82 Å². The molecule has 1 unspecified atom stereocenters. The smallest absolute Gasteiger partial charge is 0.222 e. The van der Waals surface area contributed by atoms with Crippen molar-refractivity contribution in [2.75, 3.05) is 35.2 Å². The number of rotatable bonds is 2. The zero-order chi connectivity index (χ0) is 15.0. The Kier molecular flexibility index (Phi) is 3.67. The number of thiazole rings is 1. The zero-order valence-electron chi connectivity index (χ0n) is 12.6. The van der Waals surface area contributed by atoms with Crippen LogP contribution in [0, 0.1) is 13.8 Å². The Balaban J connectivity index is 1.76. The van der Waals surface area contributed by atoms with Crippen LogP contribution in [0.15, 0.2) is 11.4 Å². The molecule has 7 heteroatoms. The standard InChI is InChI=1S/C14H20N6S/c1-9-6-12(18-13(15)16-9)19-4-5-20(11(3)7-19)14-17-10(2)8-21-14/h6,8,11H,4-5,7H2,1-3H3,(H2,15,16,18). The minimum absolute atomic E-state index is 0.343. The summed E-state index contributed by atoms with van der Waals surface area (Å²) >= 11 is 1.71. The molecule has 6 nitrogen and oxygen atoms in total. The summed E-state index contributed by atoms with van der Waals surface area (Å²) in [6, 6.07) is 2.38. The first-order valence-electron chi connectivity index (χ1n) is 7.08. The van der Waals surface area contributed by atoms with E-state index in [1.165, 1.54) is 0 Å². The van der Waals surface area contributed by atoms with Crippen LogP contribution in [0.25, 0.3) is 0 Å². The summed E-state index contributed by atoms with van der Waals surface area (Å²) in [4.78, 5) is 17.7. The third-order valence-corrected chi connectivity index (χ3v) is 4.66. The molecule has 2 N–H and O–H groups in total. The Morgan fingerprint density at radius 3 is 2.62 bits per heavy atom. The predicted molar refractivity (Wildman–Crippen MR) is 87.1 cm³/mol. The minimum atomic E-state index is 0.343. The topological polar surface area (TPSA) is 71.2 Å². The second-order valence-electron chi connectivity index (χ2n) is 5.49. The SMILES string of the molecule is Cc1cc(N2CCN(c3nc(C)cs3)C(C)C2)nc(N)n1. The van der Waals surface area contributed by atoms with Crippen LogP contribution in [0.3, 0.4) is 0 Å². The molecule has 2 aromatic rings. The number of hydrogen-bond donors (Lipinski definition) is 1. The zero-order valence-corrected chi connectivity index (χ0v) is 13.4. The highest BCUT2D eigenvalue weighted by atomic mass is 32.1. The third-order valence-electron chi connectivity index (χ3n) is 3.66. The Morgan fingerprint density at radius 1 is 1.19 bits per heavy atom. The molecule has 21 heavy (non-hydrogen) atoms. The van der Waals surface area contributed by atoms with Gasteiger partial charge in [0.2, 0.25) is 5.95 Å². The molecule has 3 heterocycles. The summed E-state index contributed by atoms with van der Waals surface area (Å²) in [6.07, 6.45) is 0. The van der Waals surface area contributed by atoms with Crippen molar-refractivity contribution in [1.82, 2.24) is 15.0 Å². The highest BCUT2D eigenvalue weighted by molar-refractivity contribution is 7.13. The number of anilines is 3. The highest BCUT2D eigenvalue weighted by Gasteiger charge is 2.26. The summed E-state index contributed by atoms with van der Waals surface area (Å²) in [5.41, 5.74) is 7.75. The lowest BCUT2D eigenvalue weighted by Gasteiger charge is -2.40. The molecule has 0 aromatic carbocycles. The van der Waals surface area contributed by atoms with E-state index in [2.05, 4.69) is 37.1 Å². The second kappa shape index (κ2) is 5.48. The summed E-state index contributed by atoms with van der Waals surface area (Å²) in [6.45, 7) is 8.97. The molecule has 0 saturated carbocycles. The molecule has 0 spiro atoms. The Labute approximate surface area is 128 Å². The Morgan fingerprint density at radius 2 is 2.00 bits per heavy atom. The van der Waals surface area contributed by atoms with Gasteiger partial charge in [0.15, 0.2) is 5.13 Å². The van der Waals surface area contributed by atoms with Gasteiger partial charge in [-0.15, -0.1) is 11.3 Å². The molecule has 0 amide bonds. The summed E-state index contributed by atoms with van der Waals surface area (Å²) < 4.78 is 0. The van der Waals surface area contributed by atoms with E-state index in [1.807, 2.05) is 19.9 Å². The van der Waals surface area contributed by atoms with Crippen LogP contribution in [-0.2, 0) is 0 Å². The van der Waals surface area contributed by atoms with Crippen LogP contribution in [0.2, 0.25) is 0 Å². The average Bonchev–Trinajstić information content (AvgIpc) is 2.84. The first kappa shape index (κ1) is 14.1. The first-order chi connectivity index (χ1) is 10.0. The van der Waals surface area contributed by atoms with E-state index in [0.717, 1.165) is 42.0 Å². The largest absolute Gasteiger partial charge is 0.368 e. The van der Waals surface area contributed by atoms with Crippen LogP contribution in [0.1, 0.15) is 18.3 Å². The minimum Gasteiger partial charge on any atom is -0.368 e. The Hall–Kier alpha value is -1.89. The summed E-state index contributed by atoms with van der Waals surface area (Å²) in [5.74, 6) is 1.26. The van der Waals surface area contributed by atoms with Crippen molar-refractivity contribution in [3.05, 3.63) is 22.8 Å². The fraction of sp³-hybridized carbons (Fsp3) is 0.500. The van der Waals surface area contributed by atoms with Crippen LogP contribution in [0.5, 0.6) is 0 Å². The number of hydrogen-bond acceptors (Lipinski definition) is 7. The van der Waals surface area contributed by atoms with Gasteiger partial charge in [0, 0.05) is 42.8 Å². The molecule has 0 aliphatic carbocycles. The van der Waals surface area contributed by atoms with Gasteiger partial charge in [-0.25, -0.2) is 9.97 Å². The van der Waals surface area contributed by atoms with Gasteiger partial charge in [-0.05, 0) is 20.8 Å². The predicted octanol–water partition coefficient (Wildman–Crippen LogP) is 1.85. The normalized spacial score (nSPS) is 19.1. The molecule has 1 aliphatic heterocycles. The van der Waals surface area contributed by atoms with E-state index in [0.29, 0.717) is 12.0 Å². The van der Waals surface area contributed by atoms with E-state index < -0.39 is 0 Å². The van der Waals surface area contributed by atoms with Gasteiger partial charge in [0.25, 0.3) is 0 Å². The number of piperazine rings is 1. The van der Waals surface area contributed by atoms with Gasteiger partial charge in [-0.2, -0.15) is 4.98 Å². The highest BCUT2D eigenvalue weighted by Crippen LogP contribution is 2.26. The second-order valence-corrected chi connectivity index (χ2v) is 6.32. The van der Waals surface area contributed by atoms with Crippen molar-refractivity contribution < 1.29 is 0 Å². The van der Waals surface area contributed by atoms with Crippen LogP contribution in [0.4, 0.5) is 16.9 Å². The quantitative estimate of drug-likeness (QED) is 0.913. The van der Waals surface area contributed by atoms with Crippen LogP contribution in [-0.4, -0.2) is 40.6 Å². The number of nitrogens with zero attached hydrogens (tertiary/aromatic N) is 5. The maximum atomic E-state index is 5.75. The van der Waals surface area contributed by atoms with Gasteiger partial charge in [-0.1, -0.05) is 0 Å². The van der Waals surface area contributed by atoms with Crippen molar-refractivity contribution in [3.8, 4) is 0 Å². The summed E-state index contributed by atoms with van der Waals surface area (Å²) in [5, 5.41) is 3.21. The maximum Gasteiger partial charge on any atom is 0.222 e. The lowest BCUT2D eigenvalue weighted by Crippen LogP contribution is -2.52. The molecule has 1 saturated heterocycles. The molecule has 1 atom stereocenters. The van der Waals surface area contributed by atoms with E-state index >= 15 is 0 Å². The van der Waals surface area contributed by atoms with E-state index in [9.17, 15) is 0 Å². The third kappa shape index (κ3) is 2.92. The van der Waals surface area contributed by atoms with Gasteiger partial charge < -0.3 is 15.5 Å². The van der Waals surface area contributed by atoms with Crippen molar-refractivity contribution in [2.24, 2.45) is 0 Å². The van der Waals surface area contributed by atoms with Crippen molar-refractivity contribution in [1.29, 1.82) is 0 Å². The lowest BCUT2D eigenvalue weighted by atomic mass is 10.2. The van der Waals surface area contributed by atoms with Gasteiger partial charge >= 0.3 is 0 Å². The molecular weight excluding hydrogens is 284 g/mol. The molecule has 2 aromatic heterocycles. The van der Waals surface area contributed by atoms with Crippen LogP contribution < -0.4 is 15.5 Å². The van der Waals surface area contributed by atoms with Crippen LogP contribution >= 0.6 is 11.3 Å². The average molecular weight is 304 g/mol. The molecule has 0 bridgehead atoms. The van der Waals surface area contributed by atoms with E-state index in [-0.39, 0.29) is 0 Å². The molecule has 1 fully saturated rings. The Bertz CT molecular complexity index is 620. The van der Waals surface area contributed by atoms with Crippen molar-refractivity contribution >= 4 is 28.2 Å². The lowest BCUT2D eigenvalue weighted by molar-refractivity contribution is 0.546. The molecule has 3 rings (SSSR count). The number of nitrogen functional groups attached to an aromatic ring is 1. The summed E-state index contributed by atoms with van der Waals surface area (Å²) in [7, 11) is 0. The molecule has 1 aliphatic rings. The molecular formula is C14H20N6S. The van der Waals surface area contributed by atoms with Gasteiger partial charge in [0.05, 0.1) is 5.69 Å². The number of aryl methyl sites for hydroxylation is 2. The first-order valence-corrected chi connectivity index (χ1v) is 7.96. The maximum absolute atomic E-state index is 5.75. The van der Waals surface area contributed by atoms with Gasteiger partial charge in [-0.3, -0.25) is 0 Å². The fourth-order valence-corrected chi connectivity index (χ4v) is 3.59.